The summed E-state index contributed by atoms with van der Waals surface area (Å²) in [4.78, 5) is 16.7. The summed E-state index contributed by atoms with van der Waals surface area (Å²) in [7, 11) is -7.36. The van der Waals surface area contributed by atoms with Gasteiger partial charge < -0.3 is 0 Å². The summed E-state index contributed by atoms with van der Waals surface area (Å²) in [5.41, 5.74) is -1.13. The molecule has 1 aromatic rings. The summed E-state index contributed by atoms with van der Waals surface area (Å²) >= 11 is 0. The molecule has 29 heavy (non-hydrogen) atoms. The molecule has 0 N–H and O–H groups in total. The number of hydrogen-bond donors (Lipinski definition) is 0. The van der Waals surface area contributed by atoms with Gasteiger partial charge in [-0.2, -0.15) is 8.61 Å². The van der Waals surface area contributed by atoms with Gasteiger partial charge in [-0.3, -0.25) is 9.78 Å². The van der Waals surface area contributed by atoms with E-state index in [1.54, 1.807) is 6.07 Å². The van der Waals surface area contributed by atoms with Crippen molar-refractivity contribution < 1.29 is 21.6 Å². The average Bonchev–Trinajstić information content (AvgIpc) is 3.03. The summed E-state index contributed by atoms with van der Waals surface area (Å²) in [6.45, 7) is 4.39. The zero-order valence-electron chi connectivity index (χ0n) is 16.7. The summed E-state index contributed by atoms with van der Waals surface area (Å²) in [6.07, 6.45) is 4.79. The molecule has 2 bridgehead atoms. The van der Waals surface area contributed by atoms with Crippen LogP contribution in [-0.2, 0) is 24.8 Å². The largest absolute Gasteiger partial charge is 0.299 e. The first-order valence-corrected chi connectivity index (χ1v) is 13.0. The number of carbonyl (C=O) groups is 1. The minimum Gasteiger partial charge on any atom is -0.299 e. The molecule has 8 nitrogen and oxygen atoms in total. The highest BCUT2D eigenvalue weighted by Gasteiger charge is 2.65. The lowest BCUT2D eigenvalue weighted by Crippen LogP contribution is -2.53. The molecule has 2 unspecified atom stereocenters. The molecule has 4 rings (SSSR count). The first kappa shape index (κ1) is 20.9. The van der Waals surface area contributed by atoms with E-state index < -0.39 is 25.5 Å². The third-order valence-corrected chi connectivity index (χ3v) is 11.3. The summed E-state index contributed by atoms with van der Waals surface area (Å²) in [5.74, 6) is 0.157. The van der Waals surface area contributed by atoms with Gasteiger partial charge in [0.15, 0.2) is 0 Å². The molecule has 2 heterocycles. The number of pyridine rings is 1. The molecule has 2 saturated carbocycles. The van der Waals surface area contributed by atoms with Gasteiger partial charge in [-0.15, -0.1) is 0 Å². The highest BCUT2D eigenvalue weighted by Crippen LogP contribution is 2.64. The Morgan fingerprint density at radius 3 is 2.28 bits per heavy atom. The zero-order chi connectivity index (χ0) is 21.1. The Balaban J connectivity index is 1.48. The van der Waals surface area contributed by atoms with Crippen molar-refractivity contribution in [2.45, 2.75) is 38.0 Å². The molecule has 160 valence electrons. The Morgan fingerprint density at radius 1 is 1.10 bits per heavy atom. The van der Waals surface area contributed by atoms with Crippen LogP contribution in [0.3, 0.4) is 0 Å². The van der Waals surface area contributed by atoms with Crippen LogP contribution in [-0.4, -0.2) is 68.1 Å². The first-order chi connectivity index (χ1) is 13.5. The Labute approximate surface area is 172 Å². The van der Waals surface area contributed by atoms with Gasteiger partial charge in [-0.05, 0) is 36.3 Å². The van der Waals surface area contributed by atoms with Crippen molar-refractivity contribution in [3.8, 4) is 0 Å². The van der Waals surface area contributed by atoms with Gasteiger partial charge in [0.25, 0.3) is 0 Å². The van der Waals surface area contributed by atoms with Gasteiger partial charge in [-0.1, -0.05) is 13.8 Å². The SMILES string of the molecule is CC1(C)C2CCC1(CS(=O)(=O)N1CCN(S(=O)(=O)c3cccnc3)CC1)C(=O)C2. The number of hydrogen-bond acceptors (Lipinski definition) is 6. The van der Waals surface area contributed by atoms with Crippen LogP contribution in [0.4, 0.5) is 0 Å². The second-order valence-electron chi connectivity index (χ2n) is 8.91. The number of Topliss-reactive ketones (excluding diaryl/α,β-unsaturated/α-hetero) is 1. The van der Waals surface area contributed by atoms with Crippen molar-refractivity contribution in [1.29, 1.82) is 0 Å². The standard InChI is InChI=1S/C19H27N3O5S2/c1-18(2)15-5-6-19(18,17(23)12-15)14-28(24,25)21-8-10-22(11-9-21)29(26,27)16-4-3-7-20-13-16/h3-4,7,13,15H,5-6,8-12,14H2,1-2H3. The van der Waals surface area contributed by atoms with Crippen molar-refractivity contribution in [2.75, 3.05) is 31.9 Å². The number of nitrogens with zero attached hydrogens (tertiary/aromatic N) is 3. The Hall–Kier alpha value is -1.36. The van der Waals surface area contributed by atoms with E-state index in [0.717, 1.165) is 6.42 Å². The van der Waals surface area contributed by atoms with E-state index in [4.69, 9.17) is 0 Å². The minimum atomic E-state index is -3.70. The fourth-order valence-corrected chi connectivity index (χ4v) is 8.94. The van der Waals surface area contributed by atoms with Gasteiger partial charge in [0.1, 0.15) is 10.7 Å². The molecule has 3 fully saturated rings. The fraction of sp³-hybridized carbons (Fsp3) is 0.684. The molecular formula is C19H27N3O5S2. The number of piperazine rings is 1. The topological polar surface area (TPSA) is 105 Å². The molecule has 0 radical (unpaired) electrons. The average molecular weight is 442 g/mol. The normalized spacial score (nSPS) is 30.7. The Morgan fingerprint density at radius 2 is 1.76 bits per heavy atom. The van der Waals surface area contributed by atoms with E-state index in [1.165, 1.54) is 27.1 Å². The van der Waals surface area contributed by atoms with E-state index in [-0.39, 0.29) is 53.9 Å². The summed E-state index contributed by atoms with van der Waals surface area (Å²) in [6, 6.07) is 3.04. The van der Waals surface area contributed by atoms with Crippen LogP contribution >= 0.6 is 0 Å². The van der Waals surface area contributed by atoms with Crippen molar-refractivity contribution >= 4 is 25.8 Å². The predicted molar refractivity (Wildman–Crippen MR) is 107 cm³/mol. The van der Waals surface area contributed by atoms with E-state index in [9.17, 15) is 21.6 Å². The first-order valence-electron chi connectivity index (χ1n) is 9.92. The quantitative estimate of drug-likeness (QED) is 0.678. The van der Waals surface area contributed by atoms with Crippen molar-refractivity contribution in [2.24, 2.45) is 16.7 Å². The van der Waals surface area contributed by atoms with Crippen LogP contribution in [0.15, 0.2) is 29.4 Å². The van der Waals surface area contributed by atoms with Crippen LogP contribution < -0.4 is 0 Å². The minimum absolute atomic E-state index is 0.0696. The highest BCUT2D eigenvalue weighted by atomic mass is 32.2. The number of sulfonamides is 2. The molecule has 1 aliphatic heterocycles. The van der Waals surface area contributed by atoms with Crippen molar-refractivity contribution in [3.63, 3.8) is 0 Å². The second-order valence-corrected chi connectivity index (χ2v) is 12.8. The van der Waals surface area contributed by atoms with Crippen LogP contribution in [0, 0.1) is 16.7 Å². The second kappa shape index (κ2) is 6.83. The van der Waals surface area contributed by atoms with Gasteiger partial charge in [0.05, 0.1) is 5.75 Å². The molecule has 10 heteroatoms. The third-order valence-electron chi connectivity index (χ3n) is 7.43. The van der Waals surface area contributed by atoms with Crippen molar-refractivity contribution in [1.82, 2.24) is 13.6 Å². The van der Waals surface area contributed by atoms with E-state index in [2.05, 4.69) is 4.98 Å². The maximum atomic E-state index is 13.2. The van der Waals surface area contributed by atoms with Crippen LogP contribution in [0.25, 0.3) is 0 Å². The van der Waals surface area contributed by atoms with Gasteiger partial charge >= 0.3 is 0 Å². The molecule has 0 spiro atoms. The molecule has 3 aliphatic rings. The molecule has 2 aliphatic carbocycles. The molecule has 0 aromatic carbocycles. The van der Waals surface area contributed by atoms with Gasteiger partial charge in [-0.25, -0.2) is 16.8 Å². The lowest BCUT2D eigenvalue weighted by molar-refractivity contribution is -0.128. The van der Waals surface area contributed by atoms with E-state index >= 15 is 0 Å². The summed E-state index contributed by atoms with van der Waals surface area (Å²) < 4.78 is 54.5. The number of fused-ring (bicyclic) bond motifs is 2. The van der Waals surface area contributed by atoms with E-state index in [0.29, 0.717) is 12.8 Å². The zero-order valence-corrected chi connectivity index (χ0v) is 18.4. The van der Waals surface area contributed by atoms with Crippen LogP contribution in [0.2, 0.25) is 0 Å². The van der Waals surface area contributed by atoms with Crippen LogP contribution in [0.1, 0.15) is 33.1 Å². The predicted octanol–water partition coefficient (Wildman–Crippen LogP) is 1.11. The maximum Gasteiger partial charge on any atom is 0.244 e. The smallest absolute Gasteiger partial charge is 0.244 e. The van der Waals surface area contributed by atoms with Gasteiger partial charge in [0.2, 0.25) is 20.0 Å². The number of aromatic nitrogens is 1. The number of carbonyl (C=O) groups excluding carboxylic acids is 1. The molecule has 1 aromatic heterocycles. The third kappa shape index (κ3) is 3.15. The Bertz CT molecular complexity index is 1020. The van der Waals surface area contributed by atoms with Crippen LogP contribution in [0.5, 0.6) is 0 Å². The number of rotatable bonds is 5. The molecule has 1 saturated heterocycles. The summed E-state index contributed by atoms with van der Waals surface area (Å²) in [5, 5.41) is 0. The molecule has 0 amide bonds. The lowest BCUT2D eigenvalue weighted by atomic mass is 9.70. The van der Waals surface area contributed by atoms with Gasteiger partial charge in [0, 0.05) is 50.4 Å². The number of ketones is 1. The monoisotopic (exact) mass is 441 g/mol. The Kier molecular flexibility index (Phi) is 4.92. The highest BCUT2D eigenvalue weighted by molar-refractivity contribution is 7.89. The molecule has 2 atom stereocenters. The lowest BCUT2D eigenvalue weighted by Gasteiger charge is -2.39. The maximum absolute atomic E-state index is 13.2. The fourth-order valence-electron chi connectivity index (χ4n) is 5.35. The molecular weight excluding hydrogens is 414 g/mol. The van der Waals surface area contributed by atoms with E-state index in [1.807, 2.05) is 13.8 Å². The van der Waals surface area contributed by atoms with Crippen molar-refractivity contribution in [3.05, 3.63) is 24.5 Å².